The van der Waals surface area contributed by atoms with Crippen LogP contribution in [0.1, 0.15) is 20.3 Å². The lowest BCUT2D eigenvalue weighted by atomic mass is 10.2. The molecule has 0 aliphatic rings. The van der Waals surface area contributed by atoms with E-state index in [1.54, 1.807) is 17.9 Å². The van der Waals surface area contributed by atoms with Crippen LogP contribution in [-0.2, 0) is 9.53 Å². The SMILES string of the molecule is CCCN(CC(=O)OCC)c1cc(OC)cc([N+](=O)[O-])c1. The molecule has 0 bridgehead atoms. The van der Waals surface area contributed by atoms with Gasteiger partial charge in [-0.1, -0.05) is 6.92 Å². The Hall–Kier alpha value is -2.31. The fourth-order valence-corrected chi connectivity index (χ4v) is 1.91. The highest BCUT2D eigenvalue weighted by molar-refractivity contribution is 5.76. The van der Waals surface area contributed by atoms with E-state index in [1.165, 1.54) is 19.2 Å². The molecular formula is C14H20N2O5. The molecule has 0 fully saturated rings. The van der Waals surface area contributed by atoms with Crippen LogP contribution < -0.4 is 9.64 Å². The number of anilines is 1. The Morgan fingerprint density at radius 2 is 2.05 bits per heavy atom. The largest absolute Gasteiger partial charge is 0.496 e. The van der Waals surface area contributed by atoms with Crippen LogP contribution in [-0.4, -0.2) is 37.7 Å². The number of ether oxygens (including phenoxy) is 2. The number of nitrogens with zero attached hydrogens (tertiary/aromatic N) is 2. The Bertz CT molecular complexity index is 504. The van der Waals surface area contributed by atoms with E-state index in [9.17, 15) is 14.9 Å². The van der Waals surface area contributed by atoms with Gasteiger partial charge in [0.05, 0.1) is 24.7 Å². The van der Waals surface area contributed by atoms with Crippen molar-refractivity contribution in [2.45, 2.75) is 20.3 Å². The predicted molar refractivity (Wildman–Crippen MR) is 78.8 cm³/mol. The third-order valence-electron chi connectivity index (χ3n) is 2.81. The molecule has 0 saturated heterocycles. The number of carbonyl (C=O) groups is 1. The summed E-state index contributed by atoms with van der Waals surface area (Å²) in [5.74, 6) is 0.0144. The molecule has 116 valence electrons. The van der Waals surface area contributed by atoms with Crippen molar-refractivity contribution in [3.05, 3.63) is 28.3 Å². The highest BCUT2D eigenvalue weighted by Gasteiger charge is 2.17. The Kier molecular flexibility index (Phi) is 6.45. The normalized spacial score (nSPS) is 10.0. The van der Waals surface area contributed by atoms with Crippen molar-refractivity contribution in [1.29, 1.82) is 0 Å². The molecular weight excluding hydrogens is 276 g/mol. The van der Waals surface area contributed by atoms with E-state index in [0.29, 0.717) is 24.6 Å². The molecule has 7 heteroatoms. The third-order valence-corrected chi connectivity index (χ3v) is 2.81. The van der Waals surface area contributed by atoms with E-state index in [1.807, 2.05) is 6.92 Å². The first-order valence-corrected chi connectivity index (χ1v) is 6.75. The van der Waals surface area contributed by atoms with Crippen LogP contribution in [0.5, 0.6) is 5.75 Å². The maximum absolute atomic E-state index is 11.6. The van der Waals surface area contributed by atoms with Gasteiger partial charge in [0.25, 0.3) is 5.69 Å². The van der Waals surface area contributed by atoms with Crippen LogP contribution in [0.25, 0.3) is 0 Å². The molecule has 0 saturated carbocycles. The van der Waals surface area contributed by atoms with Crippen molar-refractivity contribution in [3.63, 3.8) is 0 Å². The minimum absolute atomic E-state index is 0.0476. The van der Waals surface area contributed by atoms with Crippen LogP contribution in [0.2, 0.25) is 0 Å². The molecule has 0 spiro atoms. The van der Waals surface area contributed by atoms with E-state index in [-0.39, 0.29) is 18.2 Å². The van der Waals surface area contributed by atoms with E-state index >= 15 is 0 Å². The van der Waals surface area contributed by atoms with Gasteiger partial charge in [-0.2, -0.15) is 0 Å². The van der Waals surface area contributed by atoms with Gasteiger partial charge in [0.15, 0.2) is 0 Å². The van der Waals surface area contributed by atoms with Gasteiger partial charge in [-0.05, 0) is 13.3 Å². The van der Waals surface area contributed by atoms with Gasteiger partial charge in [0.2, 0.25) is 0 Å². The van der Waals surface area contributed by atoms with Gasteiger partial charge >= 0.3 is 5.97 Å². The molecule has 0 amide bonds. The first-order valence-electron chi connectivity index (χ1n) is 6.75. The molecule has 0 N–H and O–H groups in total. The number of non-ortho nitro benzene ring substituents is 1. The molecule has 0 heterocycles. The molecule has 1 aromatic carbocycles. The van der Waals surface area contributed by atoms with E-state index in [0.717, 1.165) is 6.42 Å². The predicted octanol–water partition coefficient (Wildman–Crippen LogP) is 2.38. The summed E-state index contributed by atoms with van der Waals surface area (Å²) in [5, 5.41) is 11.0. The van der Waals surface area contributed by atoms with Gasteiger partial charge in [-0.25, -0.2) is 0 Å². The van der Waals surface area contributed by atoms with Gasteiger partial charge in [-0.3, -0.25) is 14.9 Å². The summed E-state index contributed by atoms with van der Waals surface area (Å²) in [6.07, 6.45) is 0.796. The van der Waals surface area contributed by atoms with Gasteiger partial charge in [0.1, 0.15) is 12.3 Å². The molecule has 0 atom stereocenters. The second kappa shape index (κ2) is 8.08. The van der Waals surface area contributed by atoms with Crippen LogP contribution >= 0.6 is 0 Å². The van der Waals surface area contributed by atoms with Crippen molar-refractivity contribution >= 4 is 17.3 Å². The number of methoxy groups -OCH3 is 1. The maximum atomic E-state index is 11.6. The summed E-state index contributed by atoms with van der Waals surface area (Å²) in [6.45, 7) is 4.64. The molecule has 0 aromatic heterocycles. The number of rotatable bonds is 8. The highest BCUT2D eigenvalue weighted by atomic mass is 16.6. The summed E-state index contributed by atoms with van der Waals surface area (Å²) >= 11 is 0. The van der Waals surface area contributed by atoms with Crippen LogP contribution in [0.3, 0.4) is 0 Å². The molecule has 7 nitrogen and oxygen atoms in total. The quantitative estimate of drug-likeness (QED) is 0.416. The number of nitro groups is 1. The van der Waals surface area contributed by atoms with E-state index in [2.05, 4.69) is 0 Å². The monoisotopic (exact) mass is 296 g/mol. The fourth-order valence-electron chi connectivity index (χ4n) is 1.91. The lowest BCUT2D eigenvalue weighted by Crippen LogP contribution is -2.31. The molecule has 0 aliphatic heterocycles. The van der Waals surface area contributed by atoms with Crippen molar-refractivity contribution in [2.24, 2.45) is 0 Å². The Morgan fingerprint density at radius 3 is 2.57 bits per heavy atom. The first kappa shape index (κ1) is 16.7. The van der Waals surface area contributed by atoms with Crippen molar-refractivity contribution in [1.82, 2.24) is 0 Å². The zero-order valence-electron chi connectivity index (χ0n) is 12.5. The maximum Gasteiger partial charge on any atom is 0.325 e. The standard InChI is InChI=1S/C14H20N2O5/c1-4-6-15(10-14(17)21-5-2)11-7-12(16(18)19)9-13(8-11)20-3/h7-9H,4-6,10H2,1-3H3. The Balaban J connectivity index is 3.08. The Morgan fingerprint density at radius 1 is 1.33 bits per heavy atom. The molecule has 0 unspecified atom stereocenters. The topological polar surface area (TPSA) is 81.9 Å². The fraction of sp³-hybridized carbons (Fsp3) is 0.500. The van der Waals surface area contributed by atoms with Gasteiger partial charge in [-0.15, -0.1) is 0 Å². The van der Waals surface area contributed by atoms with E-state index < -0.39 is 4.92 Å². The summed E-state index contributed by atoms with van der Waals surface area (Å²) in [7, 11) is 1.44. The molecule has 0 aliphatic carbocycles. The summed E-state index contributed by atoms with van der Waals surface area (Å²) in [5.41, 5.74) is 0.491. The second-order valence-electron chi connectivity index (χ2n) is 4.37. The minimum atomic E-state index is -0.486. The second-order valence-corrected chi connectivity index (χ2v) is 4.37. The molecule has 1 rings (SSSR count). The number of carbonyl (C=O) groups excluding carboxylic acids is 1. The smallest absolute Gasteiger partial charge is 0.325 e. The molecule has 1 aromatic rings. The molecule has 21 heavy (non-hydrogen) atoms. The first-order chi connectivity index (χ1) is 10.0. The Labute approximate surface area is 123 Å². The average Bonchev–Trinajstić information content (AvgIpc) is 2.46. The van der Waals surface area contributed by atoms with Gasteiger partial charge in [0, 0.05) is 24.4 Å². The highest BCUT2D eigenvalue weighted by Crippen LogP contribution is 2.28. The summed E-state index contributed by atoms with van der Waals surface area (Å²) in [6, 6.07) is 4.44. The van der Waals surface area contributed by atoms with Crippen LogP contribution in [0.15, 0.2) is 18.2 Å². The average molecular weight is 296 g/mol. The van der Waals surface area contributed by atoms with E-state index in [4.69, 9.17) is 9.47 Å². The minimum Gasteiger partial charge on any atom is -0.496 e. The zero-order chi connectivity index (χ0) is 15.8. The lowest BCUT2D eigenvalue weighted by molar-refractivity contribution is -0.384. The van der Waals surface area contributed by atoms with Crippen molar-refractivity contribution in [2.75, 3.05) is 31.7 Å². The number of esters is 1. The van der Waals surface area contributed by atoms with Crippen molar-refractivity contribution < 1.29 is 19.2 Å². The summed E-state index contributed by atoms with van der Waals surface area (Å²) in [4.78, 5) is 23.9. The van der Waals surface area contributed by atoms with Gasteiger partial charge < -0.3 is 14.4 Å². The lowest BCUT2D eigenvalue weighted by Gasteiger charge is -2.23. The number of hydrogen-bond acceptors (Lipinski definition) is 6. The zero-order valence-corrected chi connectivity index (χ0v) is 12.5. The van der Waals surface area contributed by atoms with Crippen molar-refractivity contribution in [3.8, 4) is 5.75 Å². The summed E-state index contributed by atoms with van der Waals surface area (Å²) < 4.78 is 10.0. The molecule has 0 radical (unpaired) electrons. The van der Waals surface area contributed by atoms with Crippen LogP contribution in [0.4, 0.5) is 11.4 Å². The third kappa shape index (κ3) is 4.94. The van der Waals surface area contributed by atoms with Crippen LogP contribution in [0, 0.1) is 10.1 Å². The number of nitro benzene ring substituents is 1. The number of benzene rings is 1. The number of hydrogen-bond donors (Lipinski definition) is 0.